The summed E-state index contributed by atoms with van der Waals surface area (Å²) in [6.07, 6.45) is 4.87. The third kappa shape index (κ3) is 4.27. The fraction of sp³-hybridized carbons (Fsp3) is 0.286. The van der Waals surface area contributed by atoms with Crippen molar-refractivity contribution in [1.82, 2.24) is 9.97 Å². The molecule has 1 aromatic carbocycles. The Hall–Kier alpha value is -3.43. The molecule has 0 amide bonds. The predicted molar refractivity (Wildman–Crippen MR) is 114 cm³/mol. The van der Waals surface area contributed by atoms with E-state index in [0.29, 0.717) is 29.5 Å². The first-order valence-corrected chi connectivity index (χ1v) is 9.19. The second-order valence-electron chi connectivity index (χ2n) is 6.89. The van der Waals surface area contributed by atoms with Crippen LogP contribution in [-0.2, 0) is 20.6 Å². The number of ether oxygens (including phenoxy) is 3. The number of hydrogen-bond donors (Lipinski definition) is 3. The molecule has 1 aliphatic rings. The van der Waals surface area contributed by atoms with Gasteiger partial charge in [-0.15, -0.1) is 0 Å². The van der Waals surface area contributed by atoms with E-state index in [1.54, 1.807) is 32.4 Å². The van der Waals surface area contributed by atoms with Gasteiger partial charge in [0.2, 0.25) is 5.95 Å². The number of rotatable bonds is 6. The Morgan fingerprint density at radius 1 is 1.03 bits per heavy atom. The minimum atomic E-state index is -0.994. The van der Waals surface area contributed by atoms with Crippen molar-refractivity contribution in [3.8, 4) is 0 Å². The van der Waals surface area contributed by atoms with Crippen molar-refractivity contribution >= 4 is 29.1 Å². The highest BCUT2D eigenvalue weighted by Gasteiger charge is 2.33. The number of nitrogens with zero attached hydrogens (tertiary/aromatic N) is 2. The van der Waals surface area contributed by atoms with Crippen LogP contribution in [0.4, 0.5) is 17.6 Å². The number of esters is 1. The van der Waals surface area contributed by atoms with Crippen LogP contribution in [0.1, 0.15) is 27.9 Å². The van der Waals surface area contributed by atoms with E-state index in [1.807, 2.05) is 18.2 Å². The summed E-state index contributed by atoms with van der Waals surface area (Å²) in [6, 6.07) is 7.21. The summed E-state index contributed by atoms with van der Waals surface area (Å²) < 4.78 is 16.1. The summed E-state index contributed by atoms with van der Waals surface area (Å²) in [5, 5.41) is 0. The first kappa shape index (κ1) is 21.3. The van der Waals surface area contributed by atoms with Gasteiger partial charge in [-0.25, -0.2) is 4.79 Å². The van der Waals surface area contributed by atoms with Crippen molar-refractivity contribution < 1.29 is 19.0 Å². The largest absolute Gasteiger partial charge is 0.465 e. The minimum absolute atomic E-state index is 0.00445. The van der Waals surface area contributed by atoms with Gasteiger partial charge in [-0.05, 0) is 35.8 Å². The number of nitrogen functional groups attached to an aromatic ring is 3. The van der Waals surface area contributed by atoms with Gasteiger partial charge in [0.25, 0.3) is 0 Å². The third-order valence-electron chi connectivity index (χ3n) is 4.98. The fourth-order valence-electron chi connectivity index (χ4n) is 3.47. The van der Waals surface area contributed by atoms with Crippen molar-refractivity contribution in [1.29, 1.82) is 0 Å². The average Bonchev–Trinajstić information content (AvgIpc) is 2.72. The molecule has 6 N–H and O–H groups in total. The van der Waals surface area contributed by atoms with E-state index < -0.39 is 5.79 Å². The molecule has 0 spiro atoms. The van der Waals surface area contributed by atoms with Crippen LogP contribution in [0.5, 0.6) is 0 Å². The number of hydrogen-bond acceptors (Lipinski definition) is 9. The molecule has 30 heavy (non-hydrogen) atoms. The molecule has 0 saturated carbocycles. The van der Waals surface area contributed by atoms with Crippen molar-refractivity contribution in [2.75, 3.05) is 38.5 Å². The van der Waals surface area contributed by atoms with Crippen LogP contribution in [-0.4, -0.2) is 43.1 Å². The van der Waals surface area contributed by atoms with Gasteiger partial charge in [-0.2, -0.15) is 9.97 Å². The second kappa shape index (κ2) is 8.52. The zero-order valence-electron chi connectivity index (χ0n) is 17.1. The number of anilines is 3. The molecule has 2 aromatic rings. The summed E-state index contributed by atoms with van der Waals surface area (Å²) in [5.74, 6) is -1.02. The molecule has 0 fully saturated rings. The number of carbonyl (C=O) groups is 1. The highest BCUT2D eigenvalue weighted by molar-refractivity contribution is 5.89. The van der Waals surface area contributed by atoms with Crippen LogP contribution in [0, 0.1) is 0 Å². The molecular weight excluding hydrogens is 386 g/mol. The molecule has 3 rings (SSSR count). The van der Waals surface area contributed by atoms with Gasteiger partial charge in [0.05, 0.1) is 18.2 Å². The molecule has 1 aliphatic carbocycles. The van der Waals surface area contributed by atoms with Crippen LogP contribution < -0.4 is 17.2 Å². The van der Waals surface area contributed by atoms with Crippen molar-refractivity contribution in [2.24, 2.45) is 0 Å². The van der Waals surface area contributed by atoms with Crippen LogP contribution in [0.2, 0.25) is 0 Å². The zero-order valence-corrected chi connectivity index (χ0v) is 17.1. The van der Waals surface area contributed by atoms with Crippen LogP contribution >= 0.6 is 0 Å². The lowest BCUT2D eigenvalue weighted by atomic mass is 9.87. The zero-order chi connectivity index (χ0) is 21.9. The molecule has 9 nitrogen and oxygen atoms in total. The van der Waals surface area contributed by atoms with Gasteiger partial charge in [-0.1, -0.05) is 23.8 Å². The average molecular weight is 411 g/mol. The molecular formula is C21H25N5O4. The van der Waals surface area contributed by atoms with E-state index >= 15 is 0 Å². The number of nitrogens with two attached hydrogens (primary N) is 3. The highest BCUT2D eigenvalue weighted by atomic mass is 16.7. The first-order valence-electron chi connectivity index (χ1n) is 9.19. The number of aromatic nitrogens is 2. The van der Waals surface area contributed by atoms with Gasteiger partial charge in [0.15, 0.2) is 5.79 Å². The number of methoxy groups -OCH3 is 3. The Balaban J connectivity index is 1.99. The molecule has 0 aliphatic heterocycles. The molecule has 0 radical (unpaired) electrons. The Morgan fingerprint density at radius 2 is 1.63 bits per heavy atom. The Morgan fingerprint density at radius 3 is 2.17 bits per heavy atom. The molecule has 1 aromatic heterocycles. The lowest BCUT2D eigenvalue weighted by Crippen LogP contribution is -2.34. The van der Waals surface area contributed by atoms with Gasteiger partial charge >= 0.3 is 5.97 Å². The third-order valence-corrected chi connectivity index (χ3v) is 4.98. The van der Waals surface area contributed by atoms with Crippen LogP contribution in [0.25, 0.3) is 5.57 Å². The lowest BCUT2D eigenvalue weighted by Gasteiger charge is -2.33. The number of carbonyl (C=O) groups excluding carboxylic acids is 1. The SMILES string of the molecule is COC(=O)c1ccc(CC2=CC(c3c(N)nc(N)nc3N)=CC(OC)(OC)C2)cc1. The Bertz CT molecular complexity index is 988. The normalized spacial score (nSPS) is 15.3. The molecule has 158 valence electrons. The van der Waals surface area contributed by atoms with E-state index in [0.717, 1.165) is 11.1 Å². The summed E-state index contributed by atoms with van der Waals surface area (Å²) in [7, 11) is 4.49. The van der Waals surface area contributed by atoms with E-state index in [9.17, 15) is 4.79 Å². The van der Waals surface area contributed by atoms with Gasteiger partial charge < -0.3 is 31.4 Å². The van der Waals surface area contributed by atoms with E-state index in [2.05, 4.69) is 9.97 Å². The van der Waals surface area contributed by atoms with E-state index in [4.69, 9.17) is 31.4 Å². The van der Waals surface area contributed by atoms with Crippen LogP contribution in [0.3, 0.4) is 0 Å². The predicted octanol–water partition coefficient (Wildman–Crippen LogP) is 1.96. The van der Waals surface area contributed by atoms with Crippen molar-refractivity contribution in [2.45, 2.75) is 18.6 Å². The lowest BCUT2D eigenvalue weighted by molar-refractivity contribution is -0.169. The minimum Gasteiger partial charge on any atom is -0.465 e. The van der Waals surface area contributed by atoms with Crippen LogP contribution in [0.15, 0.2) is 42.0 Å². The highest BCUT2D eigenvalue weighted by Crippen LogP contribution is 2.38. The molecule has 1 heterocycles. The monoisotopic (exact) mass is 411 g/mol. The number of benzene rings is 1. The maximum absolute atomic E-state index is 11.6. The van der Waals surface area contributed by atoms with E-state index in [-0.39, 0.29) is 23.6 Å². The van der Waals surface area contributed by atoms with Gasteiger partial charge in [-0.3, -0.25) is 0 Å². The molecule has 0 saturated heterocycles. The summed E-state index contributed by atoms with van der Waals surface area (Å²) in [5.41, 5.74) is 21.4. The molecule has 0 bridgehead atoms. The molecule has 0 atom stereocenters. The second-order valence-corrected chi connectivity index (χ2v) is 6.89. The van der Waals surface area contributed by atoms with Crippen molar-refractivity contribution in [3.63, 3.8) is 0 Å². The molecule has 9 heteroatoms. The summed E-state index contributed by atoms with van der Waals surface area (Å²) in [4.78, 5) is 19.7. The quantitative estimate of drug-likeness (QED) is 0.479. The van der Waals surface area contributed by atoms with E-state index in [1.165, 1.54) is 7.11 Å². The molecule has 0 unspecified atom stereocenters. The fourth-order valence-corrected chi connectivity index (χ4v) is 3.47. The Labute approximate surface area is 174 Å². The topological polar surface area (TPSA) is 149 Å². The van der Waals surface area contributed by atoms with Gasteiger partial charge in [0, 0.05) is 20.6 Å². The summed E-state index contributed by atoms with van der Waals surface area (Å²) in [6.45, 7) is 0. The maximum Gasteiger partial charge on any atom is 0.337 e. The van der Waals surface area contributed by atoms with Gasteiger partial charge in [0.1, 0.15) is 11.6 Å². The van der Waals surface area contributed by atoms with Crippen molar-refractivity contribution in [3.05, 3.63) is 58.7 Å². The number of allylic oxidation sites excluding steroid dienone is 2. The smallest absolute Gasteiger partial charge is 0.337 e. The Kier molecular flexibility index (Phi) is 6.04. The standard InChI is InChI=1S/C21H25N5O4/c1-28-19(27)14-6-4-12(5-7-14)8-13-9-15(11-21(10-13,29-2)30-3)16-17(22)25-20(24)26-18(16)23/h4-7,9,11H,8,10H2,1-3H3,(H6,22,23,24,25,26). The maximum atomic E-state index is 11.6. The first-order chi connectivity index (χ1) is 14.3. The summed E-state index contributed by atoms with van der Waals surface area (Å²) >= 11 is 0.